The van der Waals surface area contributed by atoms with Gasteiger partial charge >= 0.3 is 0 Å². The summed E-state index contributed by atoms with van der Waals surface area (Å²) in [5, 5.41) is 3.07. The van der Waals surface area contributed by atoms with Crippen LogP contribution in [0.25, 0.3) is 0 Å². The van der Waals surface area contributed by atoms with Gasteiger partial charge in [0.1, 0.15) is 0 Å². The maximum atomic E-state index is 12.5. The lowest BCUT2D eigenvalue weighted by Crippen LogP contribution is -2.33. The molecule has 2 N–H and O–H groups in total. The SMILES string of the molecule is Cc1ccc(C)c(S(=O)(=O)NCCC(=O)NC(c2ccccc2)C2CC2)c1. The van der Waals surface area contributed by atoms with Crippen molar-refractivity contribution >= 4 is 15.9 Å². The molecule has 0 aromatic heterocycles. The summed E-state index contributed by atoms with van der Waals surface area (Å²) in [6.45, 7) is 3.70. The number of rotatable bonds is 8. The zero-order valence-corrected chi connectivity index (χ0v) is 16.6. The highest BCUT2D eigenvalue weighted by Crippen LogP contribution is 2.40. The average molecular weight is 387 g/mol. The monoisotopic (exact) mass is 386 g/mol. The fraction of sp³-hybridized carbons (Fsp3) is 0.381. The van der Waals surface area contributed by atoms with Crippen LogP contribution in [0.15, 0.2) is 53.4 Å². The Kier molecular flexibility index (Phi) is 5.97. The van der Waals surface area contributed by atoms with Crippen molar-refractivity contribution in [3.05, 3.63) is 65.2 Å². The van der Waals surface area contributed by atoms with Crippen molar-refractivity contribution in [3.8, 4) is 0 Å². The lowest BCUT2D eigenvalue weighted by Gasteiger charge is -2.19. The third-order valence-corrected chi connectivity index (χ3v) is 6.45. The van der Waals surface area contributed by atoms with Crippen molar-refractivity contribution in [3.63, 3.8) is 0 Å². The number of nitrogens with one attached hydrogen (secondary N) is 2. The fourth-order valence-corrected chi connectivity index (χ4v) is 4.54. The Morgan fingerprint density at radius 1 is 1.11 bits per heavy atom. The highest BCUT2D eigenvalue weighted by atomic mass is 32.2. The van der Waals surface area contributed by atoms with E-state index in [9.17, 15) is 13.2 Å². The van der Waals surface area contributed by atoms with Gasteiger partial charge in [0.05, 0.1) is 10.9 Å². The zero-order chi connectivity index (χ0) is 19.4. The van der Waals surface area contributed by atoms with Crippen molar-refractivity contribution in [1.82, 2.24) is 10.0 Å². The molecule has 1 aliphatic carbocycles. The molecule has 27 heavy (non-hydrogen) atoms. The van der Waals surface area contributed by atoms with Gasteiger partial charge in [0.25, 0.3) is 0 Å². The van der Waals surface area contributed by atoms with Gasteiger partial charge in [-0.15, -0.1) is 0 Å². The lowest BCUT2D eigenvalue weighted by atomic mass is 10.0. The molecule has 0 saturated heterocycles. The van der Waals surface area contributed by atoms with Crippen LogP contribution in [0, 0.1) is 19.8 Å². The van der Waals surface area contributed by atoms with Crippen molar-refractivity contribution < 1.29 is 13.2 Å². The van der Waals surface area contributed by atoms with Gasteiger partial charge in [-0.2, -0.15) is 0 Å². The number of hydrogen-bond acceptors (Lipinski definition) is 3. The van der Waals surface area contributed by atoms with Crippen LogP contribution in [0.1, 0.15) is 42.0 Å². The standard InChI is InChI=1S/C21H26N2O3S/c1-15-8-9-16(2)19(14-15)27(25,26)22-13-12-20(24)23-21(18-10-11-18)17-6-4-3-5-7-17/h3-9,14,18,21-22H,10-13H2,1-2H3,(H,23,24). The number of carbonyl (C=O) groups is 1. The number of amides is 1. The average Bonchev–Trinajstić information content (AvgIpc) is 3.47. The van der Waals surface area contributed by atoms with E-state index in [0.717, 1.165) is 24.0 Å². The zero-order valence-electron chi connectivity index (χ0n) is 15.7. The largest absolute Gasteiger partial charge is 0.349 e. The molecule has 2 aromatic carbocycles. The van der Waals surface area contributed by atoms with Crippen LogP contribution in [0.5, 0.6) is 0 Å². The van der Waals surface area contributed by atoms with Gasteiger partial charge < -0.3 is 5.32 Å². The summed E-state index contributed by atoms with van der Waals surface area (Å²) in [4.78, 5) is 12.6. The first-order valence-corrected chi connectivity index (χ1v) is 10.8. The van der Waals surface area contributed by atoms with E-state index in [4.69, 9.17) is 0 Å². The molecular weight excluding hydrogens is 360 g/mol. The molecule has 2 aromatic rings. The Hall–Kier alpha value is -2.18. The molecule has 1 atom stereocenters. The molecule has 1 unspecified atom stereocenters. The van der Waals surface area contributed by atoms with Crippen molar-refractivity contribution in [2.45, 2.75) is 44.0 Å². The second kappa shape index (κ2) is 8.23. The second-order valence-corrected chi connectivity index (χ2v) is 8.95. The van der Waals surface area contributed by atoms with E-state index in [1.807, 2.05) is 43.3 Å². The Morgan fingerprint density at radius 2 is 1.81 bits per heavy atom. The van der Waals surface area contributed by atoms with E-state index in [1.165, 1.54) is 0 Å². The van der Waals surface area contributed by atoms with Crippen LogP contribution in [-0.4, -0.2) is 20.9 Å². The number of sulfonamides is 1. The summed E-state index contributed by atoms with van der Waals surface area (Å²) in [6.07, 6.45) is 2.33. The maximum Gasteiger partial charge on any atom is 0.240 e. The van der Waals surface area contributed by atoms with Crippen molar-refractivity contribution in [2.75, 3.05) is 6.54 Å². The van der Waals surface area contributed by atoms with E-state index in [0.29, 0.717) is 11.5 Å². The number of aryl methyl sites for hydroxylation is 2. The predicted octanol–water partition coefficient (Wildman–Crippen LogP) is 3.24. The van der Waals surface area contributed by atoms with Crippen LogP contribution in [0.4, 0.5) is 0 Å². The molecule has 3 rings (SSSR count). The molecule has 0 heterocycles. The summed E-state index contributed by atoms with van der Waals surface area (Å²) in [7, 11) is -3.62. The van der Waals surface area contributed by atoms with E-state index in [2.05, 4.69) is 10.0 Å². The van der Waals surface area contributed by atoms with Crippen LogP contribution >= 0.6 is 0 Å². The Bertz CT molecular complexity index is 906. The molecule has 1 saturated carbocycles. The minimum Gasteiger partial charge on any atom is -0.349 e. The number of benzene rings is 2. The van der Waals surface area contributed by atoms with Gasteiger partial charge in [-0.25, -0.2) is 13.1 Å². The van der Waals surface area contributed by atoms with Crippen molar-refractivity contribution in [1.29, 1.82) is 0 Å². The molecule has 0 spiro atoms. The summed E-state index contributed by atoms with van der Waals surface area (Å²) in [5.74, 6) is 0.336. The van der Waals surface area contributed by atoms with Crippen LogP contribution in [0.2, 0.25) is 0 Å². The highest BCUT2D eigenvalue weighted by molar-refractivity contribution is 7.89. The minimum atomic E-state index is -3.62. The van der Waals surface area contributed by atoms with Crippen LogP contribution < -0.4 is 10.0 Å². The lowest BCUT2D eigenvalue weighted by molar-refractivity contribution is -0.121. The summed E-state index contributed by atoms with van der Waals surface area (Å²) < 4.78 is 27.6. The third kappa shape index (κ3) is 5.17. The molecular formula is C21H26N2O3S. The molecule has 5 nitrogen and oxygen atoms in total. The quantitative estimate of drug-likeness (QED) is 0.731. The summed E-state index contributed by atoms with van der Waals surface area (Å²) in [6, 6.07) is 15.3. The topological polar surface area (TPSA) is 75.3 Å². The summed E-state index contributed by atoms with van der Waals surface area (Å²) in [5.41, 5.74) is 2.67. The maximum absolute atomic E-state index is 12.5. The Labute approximate surface area is 161 Å². The summed E-state index contributed by atoms with van der Waals surface area (Å²) >= 11 is 0. The van der Waals surface area contributed by atoms with Gasteiger partial charge in [0, 0.05) is 13.0 Å². The number of hydrogen-bond donors (Lipinski definition) is 2. The first kappa shape index (κ1) is 19.6. The normalized spacial score (nSPS) is 15.3. The van der Waals surface area contributed by atoms with E-state index < -0.39 is 10.0 Å². The van der Waals surface area contributed by atoms with Gasteiger partial charge in [-0.1, -0.05) is 42.5 Å². The molecule has 0 aliphatic heterocycles. The molecule has 0 bridgehead atoms. The van der Waals surface area contributed by atoms with Gasteiger partial charge in [0.15, 0.2) is 0 Å². The fourth-order valence-electron chi connectivity index (χ4n) is 3.18. The number of carbonyl (C=O) groups excluding carboxylic acids is 1. The van der Waals surface area contributed by atoms with E-state index in [-0.39, 0.29) is 29.8 Å². The predicted molar refractivity (Wildman–Crippen MR) is 106 cm³/mol. The molecule has 0 radical (unpaired) electrons. The van der Waals surface area contributed by atoms with E-state index >= 15 is 0 Å². The Balaban J connectivity index is 1.56. The van der Waals surface area contributed by atoms with E-state index in [1.54, 1.807) is 19.1 Å². The van der Waals surface area contributed by atoms with Gasteiger partial charge in [0.2, 0.25) is 15.9 Å². The van der Waals surface area contributed by atoms with Crippen molar-refractivity contribution in [2.24, 2.45) is 5.92 Å². The Morgan fingerprint density at radius 3 is 2.48 bits per heavy atom. The first-order valence-electron chi connectivity index (χ1n) is 9.28. The molecule has 144 valence electrons. The van der Waals surface area contributed by atoms with Gasteiger partial charge in [-0.3, -0.25) is 4.79 Å². The molecule has 1 amide bonds. The smallest absolute Gasteiger partial charge is 0.240 e. The second-order valence-electron chi connectivity index (χ2n) is 7.21. The molecule has 1 fully saturated rings. The highest BCUT2D eigenvalue weighted by Gasteiger charge is 2.33. The molecule has 6 heteroatoms. The molecule has 1 aliphatic rings. The minimum absolute atomic E-state index is 0.00863. The van der Waals surface area contributed by atoms with Crippen LogP contribution in [0.3, 0.4) is 0 Å². The third-order valence-electron chi connectivity index (χ3n) is 4.85. The van der Waals surface area contributed by atoms with Gasteiger partial charge in [-0.05, 0) is 55.4 Å². The van der Waals surface area contributed by atoms with Crippen LogP contribution in [-0.2, 0) is 14.8 Å². The first-order chi connectivity index (χ1) is 12.9.